The van der Waals surface area contributed by atoms with E-state index in [1.54, 1.807) is 13.8 Å². The number of hydrogen-bond acceptors (Lipinski definition) is 10. The third-order valence-electron chi connectivity index (χ3n) is 8.78. The number of ether oxygens (including phenoxy) is 4. The van der Waals surface area contributed by atoms with Gasteiger partial charge >= 0.3 is 5.97 Å². The van der Waals surface area contributed by atoms with E-state index in [2.05, 4.69) is 4.90 Å². The molecule has 12 atom stereocenters. The molecule has 0 aromatic heterocycles. The summed E-state index contributed by atoms with van der Waals surface area (Å²) in [5.41, 5.74) is -2.71. The average Bonchev–Trinajstić information content (AvgIpc) is 3.60. The van der Waals surface area contributed by atoms with E-state index in [4.69, 9.17) is 18.9 Å². The lowest BCUT2D eigenvalue weighted by molar-refractivity contribution is -0.233. The molecule has 37 heavy (non-hydrogen) atoms. The standard InChI is InChI=1S/C27H50N2O8/c1-10-19-27(6,33)23(30)17(4)29(9)12-11-26(5,32)14-15(2)21(16(3)24(31)34-19)35-20-13-18(28(7)8)22-25(36-20)37-22/h15-23,25,30,32-33H,10-14H2,1-9H3/t15-,16?,17?,18?,19-,20?,21+,22?,23?,25-,26-,27-/m1/s1. The molecule has 10 nitrogen and oxygen atoms in total. The number of likely N-dealkylation sites (N-methyl/N-ethyl adjacent to an activating group) is 2. The van der Waals surface area contributed by atoms with Crippen LogP contribution in [0.5, 0.6) is 0 Å². The molecular formula is C27H50N2O8. The molecule has 3 heterocycles. The predicted molar refractivity (Wildman–Crippen MR) is 138 cm³/mol. The number of aliphatic hydroxyl groups is 3. The second-order valence-electron chi connectivity index (χ2n) is 12.3. The van der Waals surface area contributed by atoms with Crippen LogP contribution in [-0.2, 0) is 23.7 Å². The van der Waals surface area contributed by atoms with Crippen LogP contribution in [0.15, 0.2) is 0 Å². The molecule has 3 fully saturated rings. The highest BCUT2D eigenvalue weighted by Crippen LogP contribution is 2.40. The van der Waals surface area contributed by atoms with Crippen molar-refractivity contribution in [1.82, 2.24) is 9.80 Å². The zero-order valence-electron chi connectivity index (χ0n) is 24.1. The van der Waals surface area contributed by atoms with Gasteiger partial charge in [-0.3, -0.25) is 4.79 Å². The van der Waals surface area contributed by atoms with Crippen LogP contribution in [0.25, 0.3) is 0 Å². The van der Waals surface area contributed by atoms with Gasteiger partial charge in [0.2, 0.25) is 0 Å². The van der Waals surface area contributed by atoms with Gasteiger partial charge < -0.3 is 44.1 Å². The molecule has 0 aromatic rings. The number of rotatable bonds is 4. The molecule has 3 rings (SSSR count). The van der Waals surface area contributed by atoms with Crippen molar-refractivity contribution >= 4 is 5.97 Å². The first-order valence-electron chi connectivity index (χ1n) is 13.7. The number of aliphatic hydroxyl groups excluding tert-OH is 1. The van der Waals surface area contributed by atoms with Crippen LogP contribution in [0, 0.1) is 11.8 Å². The normalized spacial score (nSPS) is 48.7. The zero-order valence-corrected chi connectivity index (χ0v) is 24.1. The molecule has 3 saturated heterocycles. The number of hydrogen-bond donors (Lipinski definition) is 3. The Hall–Kier alpha value is -0.850. The van der Waals surface area contributed by atoms with E-state index in [1.807, 2.05) is 46.8 Å². The summed E-state index contributed by atoms with van der Waals surface area (Å²) in [4.78, 5) is 17.5. The van der Waals surface area contributed by atoms with Crippen molar-refractivity contribution in [3.05, 3.63) is 0 Å². The number of esters is 1. The fraction of sp³-hybridized carbons (Fsp3) is 0.963. The Morgan fingerprint density at radius 2 is 1.81 bits per heavy atom. The van der Waals surface area contributed by atoms with E-state index in [-0.39, 0.29) is 24.4 Å². The minimum absolute atomic E-state index is 0.0257. The van der Waals surface area contributed by atoms with Crippen molar-refractivity contribution in [1.29, 1.82) is 0 Å². The van der Waals surface area contributed by atoms with E-state index in [9.17, 15) is 20.1 Å². The summed E-state index contributed by atoms with van der Waals surface area (Å²) in [5.74, 6) is -1.42. The topological polar surface area (TPSA) is 124 Å². The van der Waals surface area contributed by atoms with Crippen LogP contribution >= 0.6 is 0 Å². The van der Waals surface area contributed by atoms with Crippen molar-refractivity contribution in [3.63, 3.8) is 0 Å². The molecule has 0 saturated carbocycles. The molecule has 3 aliphatic heterocycles. The first-order valence-corrected chi connectivity index (χ1v) is 13.7. The molecule has 10 heteroatoms. The lowest BCUT2D eigenvalue weighted by Crippen LogP contribution is -2.59. The zero-order chi connectivity index (χ0) is 27.9. The number of epoxide rings is 1. The van der Waals surface area contributed by atoms with Gasteiger partial charge in [0.25, 0.3) is 0 Å². The summed E-state index contributed by atoms with van der Waals surface area (Å²) >= 11 is 0. The first-order chi connectivity index (χ1) is 17.1. The van der Waals surface area contributed by atoms with Gasteiger partial charge in [-0.25, -0.2) is 0 Å². The number of carbonyl (C=O) groups excluding carboxylic acids is 1. The van der Waals surface area contributed by atoms with Crippen molar-refractivity contribution in [2.45, 2.75) is 128 Å². The number of cyclic esters (lactones) is 1. The van der Waals surface area contributed by atoms with Gasteiger partial charge in [0.15, 0.2) is 12.6 Å². The molecule has 216 valence electrons. The number of nitrogens with zero attached hydrogens (tertiary/aromatic N) is 2. The molecular weight excluding hydrogens is 480 g/mol. The lowest BCUT2D eigenvalue weighted by atomic mass is 9.82. The minimum Gasteiger partial charge on any atom is -0.459 e. The quantitative estimate of drug-likeness (QED) is 0.362. The third-order valence-corrected chi connectivity index (χ3v) is 8.78. The van der Waals surface area contributed by atoms with Crippen molar-refractivity contribution in [2.75, 3.05) is 27.7 Å². The van der Waals surface area contributed by atoms with Crippen molar-refractivity contribution < 1.29 is 39.1 Å². The second-order valence-corrected chi connectivity index (χ2v) is 12.3. The van der Waals surface area contributed by atoms with Crippen molar-refractivity contribution in [2.24, 2.45) is 11.8 Å². The lowest BCUT2D eigenvalue weighted by Gasteiger charge is -2.43. The average molecular weight is 531 g/mol. The van der Waals surface area contributed by atoms with Crippen LogP contribution in [0.4, 0.5) is 0 Å². The Labute approximate surface area is 222 Å². The Balaban J connectivity index is 1.88. The molecule has 0 aliphatic carbocycles. The molecule has 3 N–H and O–H groups in total. The van der Waals surface area contributed by atoms with E-state index in [1.165, 1.54) is 6.92 Å². The second kappa shape index (κ2) is 11.7. The predicted octanol–water partition coefficient (Wildman–Crippen LogP) is 1.34. The molecule has 0 spiro atoms. The molecule has 0 radical (unpaired) electrons. The van der Waals surface area contributed by atoms with E-state index < -0.39 is 53.7 Å². The van der Waals surface area contributed by atoms with Crippen LogP contribution in [0.2, 0.25) is 0 Å². The summed E-state index contributed by atoms with van der Waals surface area (Å²) in [5, 5.41) is 33.7. The van der Waals surface area contributed by atoms with Crippen LogP contribution < -0.4 is 0 Å². The third kappa shape index (κ3) is 7.03. The number of carbonyl (C=O) groups is 1. The SMILES string of the molecule is CC[C@H]1OC(=O)C(C)[C@@H](OC2CC(N(C)C)C3O[C@H]3O2)[C@H](C)C[C@](C)(O)CCN(C)C(C)C(O)[C@]1(C)O. The summed E-state index contributed by atoms with van der Waals surface area (Å²) in [6.07, 6.45) is -1.74. The summed E-state index contributed by atoms with van der Waals surface area (Å²) < 4.78 is 24.0. The maximum Gasteiger partial charge on any atom is 0.311 e. The first kappa shape index (κ1) is 30.7. The maximum absolute atomic E-state index is 13.5. The Morgan fingerprint density at radius 1 is 1.16 bits per heavy atom. The molecule has 6 unspecified atom stereocenters. The van der Waals surface area contributed by atoms with Crippen LogP contribution in [0.3, 0.4) is 0 Å². The largest absolute Gasteiger partial charge is 0.459 e. The highest BCUT2D eigenvalue weighted by atomic mass is 16.8. The van der Waals surface area contributed by atoms with Gasteiger partial charge in [0.1, 0.15) is 23.9 Å². The summed E-state index contributed by atoms with van der Waals surface area (Å²) in [6.45, 7) is 11.2. The van der Waals surface area contributed by atoms with Gasteiger partial charge in [0.05, 0.1) is 17.6 Å². The van der Waals surface area contributed by atoms with Crippen LogP contribution in [0.1, 0.15) is 67.2 Å². The van der Waals surface area contributed by atoms with Gasteiger partial charge in [0, 0.05) is 25.0 Å². The molecule has 0 aromatic carbocycles. The van der Waals surface area contributed by atoms with E-state index in [0.717, 1.165) is 0 Å². The molecule has 3 aliphatic rings. The van der Waals surface area contributed by atoms with Gasteiger partial charge in [-0.05, 0) is 74.0 Å². The Kier molecular flexibility index (Phi) is 9.72. The van der Waals surface area contributed by atoms with E-state index >= 15 is 0 Å². The Bertz CT molecular complexity index is 778. The van der Waals surface area contributed by atoms with E-state index in [0.29, 0.717) is 32.2 Å². The number of fused-ring (bicyclic) bond motifs is 1. The smallest absolute Gasteiger partial charge is 0.311 e. The van der Waals surface area contributed by atoms with Gasteiger partial charge in [-0.2, -0.15) is 0 Å². The monoisotopic (exact) mass is 530 g/mol. The minimum atomic E-state index is -1.67. The highest BCUT2D eigenvalue weighted by Gasteiger charge is 2.54. The van der Waals surface area contributed by atoms with Gasteiger partial charge in [-0.15, -0.1) is 0 Å². The fourth-order valence-electron chi connectivity index (χ4n) is 5.99. The highest BCUT2D eigenvalue weighted by molar-refractivity contribution is 5.73. The molecule has 0 bridgehead atoms. The van der Waals surface area contributed by atoms with Crippen molar-refractivity contribution in [3.8, 4) is 0 Å². The molecule has 0 amide bonds. The van der Waals surface area contributed by atoms with Gasteiger partial charge in [-0.1, -0.05) is 13.8 Å². The maximum atomic E-state index is 13.5. The van der Waals surface area contributed by atoms with Crippen LogP contribution in [-0.4, -0.2) is 119 Å². The Morgan fingerprint density at radius 3 is 2.41 bits per heavy atom. The fourth-order valence-corrected chi connectivity index (χ4v) is 5.99. The summed E-state index contributed by atoms with van der Waals surface area (Å²) in [6, 6.07) is -0.282. The summed E-state index contributed by atoms with van der Waals surface area (Å²) in [7, 11) is 5.84.